The lowest BCUT2D eigenvalue weighted by Gasteiger charge is -2.28. The third-order valence-corrected chi connectivity index (χ3v) is 5.77. The molecular formula is C22H39NO5. The fraction of sp³-hybridized carbons (Fsp3) is 0.864. The maximum atomic E-state index is 12.3. The van der Waals surface area contributed by atoms with Crippen molar-refractivity contribution in [1.29, 1.82) is 0 Å². The number of carboxylic acids is 1. The zero-order valence-electron chi connectivity index (χ0n) is 18.0. The number of amides is 1. The number of carbonyl (C=O) groups excluding carboxylic acids is 2. The van der Waals surface area contributed by atoms with Crippen LogP contribution in [-0.4, -0.2) is 47.0 Å². The Hall–Kier alpha value is -1.59. The normalized spacial score (nSPS) is 17.4. The molecule has 1 rings (SSSR count). The summed E-state index contributed by atoms with van der Waals surface area (Å²) in [7, 11) is 0. The molecule has 0 aliphatic carbocycles. The van der Waals surface area contributed by atoms with E-state index in [0.717, 1.165) is 25.7 Å². The number of aliphatic carboxylic acids is 1. The quantitative estimate of drug-likeness (QED) is 0.327. The molecule has 1 aliphatic heterocycles. The third kappa shape index (κ3) is 8.61. The predicted octanol–water partition coefficient (Wildman–Crippen LogP) is 4.41. The molecule has 0 radical (unpaired) electrons. The Bertz CT molecular complexity index is 493. The summed E-state index contributed by atoms with van der Waals surface area (Å²) in [5, 5.41) is 9.57. The van der Waals surface area contributed by atoms with Crippen molar-refractivity contribution in [3.8, 4) is 0 Å². The summed E-state index contributed by atoms with van der Waals surface area (Å²) in [6.07, 6.45) is 10.9. The van der Waals surface area contributed by atoms with E-state index in [1.165, 1.54) is 32.1 Å². The van der Waals surface area contributed by atoms with E-state index in [9.17, 15) is 19.5 Å². The molecule has 3 atom stereocenters. The number of nitrogens with zero attached hydrogens (tertiary/aromatic N) is 1. The highest BCUT2D eigenvalue weighted by molar-refractivity contribution is 5.81. The number of carboxylic acid groups (broad SMARTS) is 1. The molecule has 0 saturated carbocycles. The minimum Gasteiger partial charge on any atom is -0.481 e. The Labute approximate surface area is 170 Å². The molecule has 1 heterocycles. The average molecular weight is 398 g/mol. The van der Waals surface area contributed by atoms with Crippen molar-refractivity contribution in [3.05, 3.63) is 0 Å². The van der Waals surface area contributed by atoms with E-state index in [1.54, 1.807) is 11.8 Å². The van der Waals surface area contributed by atoms with Crippen molar-refractivity contribution in [3.63, 3.8) is 0 Å². The topological polar surface area (TPSA) is 83.9 Å². The number of likely N-dealkylation sites (tertiary alicyclic amines) is 1. The van der Waals surface area contributed by atoms with E-state index in [-0.39, 0.29) is 18.4 Å². The molecule has 1 N–H and O–H groups in total. The molecule has 162 valence electrons. The second-order valence-electron chi connectivity index (χ2n) is 8.15. The van der Waals surface area contributed by atoms with Crippen molar-refractivity contribution in [2.24, 2.45) is 11.8 Å². The fourth-order valence-corrected chi connectivity index (χ4v) is 3.85. The Balaban J connectivity index is 2.31. The summed E-state index contributed by atoms with van der Waals surface area (Å²) < 4.78 is 5.33. The Morgan fingerprint density at radius 1 is 1.07 bits per heavy atom. The first-order valence-electron chi connectivity index (χ1n) is 11.1. The molecule has 6 nitrogen and oxygen atoms in total. The molecule has 3 unspecified atom stereocenters. The van der Waals surface area contributed by atoms with Gasteiger partial charge in [-0.1, -0.05) is 58.8 Å². The second-order valence-corrected chi connectivity index (χ2v) is 8.15. The van der Waals surface area contributed by atoms with Gasteiger partial charge in [0.2, 0.25) is 5.91 Å². The van der Waals surface area contributed by atoms with Crippen LogP contribution in [0.4, 0.5) is 0 Å². The molecule has 0 spiro atoms. The second kappa shape index (κ2) is 13.6. The van der Waals surface area contributed by atoms with Crippen LogP contribution in [0.5, 0.6) is 0 Å². The summed E-state index contributed by atoms with van der Waals surface area (Å²) in [5.41, 5.74) is 0. The molecule has 6 heteroatoms. The highest BCUT2D eigenvalue weighted by Gasteiger charge is 2.35. The van der Waals surface area contributed by atoms with Gasteiger partial charge in [0.1, 0.15) is 0 Å². The molecule has 28 heavy (non-hydrogen) atoms. The molecule has 0 aromatic heterocycles. The van der Waals surface area contributed by atoms with E-state index in [2.05, 4.69) is 6.92 Å². The van der Waals surface area contributed by atoms with Crippen LogP contribution in [0.1, 0.15) is 91.4 Å². The van der Waals surface area contributed by atoms with Crippen LogP contribution in [0.2, 0.25) is 0 Å². The number of esters is 1. The van der Waals surface area contributed by atoms with Crippen molar-refractivity contribution in [2.45, 2.75) is 97.4 Å². The Morgan fingerprint density at radius 3 is 2.21 bits per heavy atom. The first-order valence-corrected chi connectivity index (χ1v) is 11.1. The molecule has 1 amide bonds. The van der Waals surface area contributed by atoms with Gasteiger partial charge in [-0.3, -0.25) is 14.4 Å². The van der Waals surface area contributed by atoms with Crippen LogP contribution in [0.3, 0.4) is 0 Å². The number of rotatable bonds is 15. The zero-order valence-corrected chi connectivity index (χ0v) is 18.0. The van der Waals surface area contributed by atoms with Gasteiger partial charge in [0.25, 0.3) is 0 Å². The lowest BCUT2D eigenvalue weighted by Crippen LogP contribution is -2.39. The SMILES string of the molecule is CCCCCCCCCCOC(=O)C(C)C(CC(C)N1CCCC1=O)C(=O)O. The van der Waals surface area contributed by atoms with Crippen molar-refractivity contribution in [2.75, 3.05) is 13.2 Å². The van der Waals surface area contributed by atoms with E-state index >= 15 is 0 Å². The third-order valence-electron chi connectivity index (χ3n) is 5.77. The van der Waals surface area contributed by atoms with Crippen LogP contribution < -0.4 is 0 Å². The average Bonchev–Trinajstić information content (AvgIpc) is 3.09. The van der Waals surface area contributed by atoms with Crippen LogP contribution in [-0.2, 0) is 19.1 Å². The fourth-order valence-electron chi connectivity index (χ4n) is 3.85. The highest BCUT2D eigenvalue weighted by atomic mass is 16.5. The largest absolute Gasteiger partial charge is 0.481 e. The van der Waals surface area contributed by atoms with E-state index in [0.29, 0.717) is 19.6 Å². The van der Waals surface area contributed by atoms with Gasteiger partial charge in [-0.15, -0.1) is 0 Å². The molecule has 0 bridgehead atoms. The number of carbonyl (C=O) groups is 3. The van der Waals surface area contributed by atoms with E-state index < -0.39 is 23.8 Å². The van der Waals surface area contributed by atoms with Gasteiger partial charge in [0, 0.05) is 19.0 Å². The number of unbranched alkanes of at least 4 members (excludes halogenated alkanes) is 7. The first-order chi connectivity index (χ1) is 13.4. The number of ether oxygens (including phenoxy) is 1. The summed E-state index contributed by atoms with van der Waals surface area (Å²) >= 11 is 0. The molecule has 0 aromatic rings. The maximum Gasteiger partial charge on any atom is 0.309 e. The van der Waals surface area contributed by atoms with Crippen LogP contribution in [0.15, 0.2) is 0 Å². The monoisotopic (exact) mass is 397 g/mol. The maximum absolute atomic E-state index is 12.3. The lowest BCUT2D eigenvalue weighted by molar-refractivity contribution is -0.158. The summed E-state index contributed by atoms with van der Waals surface area (Å²) in [4.78, 5) is 37.6. The van der Waals surface area contributed by atoms with Crippen molar-refractivity contribution in [1.82, 2.24) is 4.90 Å². The van der Waals surface area contributed by atoms with E-state index in [1.807, 2.05) is 6.92 Å². The minimum absolute atomic E-state index is 0.0709. The minimum atomic E-state index is -1.00. The Kier molecular flexibility index (Phi) is 11.8. The number of hydrogen-bond acceptors (Lipinski definition) is 4. The van der Waals surface area contributed by atoms with E-state index in [4.69, 9.17) is 4.74 Å². The molecule has 1 fully saturated rings. The lowest BCUT2D eigenvalue weighted by atomic mass is 9.88. The van der Waals surface area contributed by atoms with Gasteiger partial charge in [-0.2, -0.15) is 0 Å². The molecule has 1 aliphatic rings. The molecule has 0 aromatic carbocycles. The first kappa shape index (κ1) is 24.4. The zero-order chi connectivity index (χ0) is 20.9. The predicted molar refractivity (Wildman–Crippen MR) is 109 cm³/mol. The van der Waals surface area contributed by atoms with Crippen LogP contribution in [0.25, 0.3) is 0 Å². The van der Waals surface area contributed by atoms with Gasteiger partial charge in [0.05, 0.1) is 18.4 Å². The standard InChI is InChI=1S/C22H39NO5/c1-4-5-6-7-8-9-10-11-15-28-22(27)18(3)19(21(25)26)16-17(2)23-14-12-13-20(23)24/h17-19H,4-16H2,1-3H3,(H,25,26). The van der Waals surface area contributed by atoms with Gasteiger partial charge in [-0.05, 0) is 26.2 Å². The molecular weight excluding hydrogens is 358 g/mol. The van der Waals surface area contributed by atoms with Crippen molar-refractivity contribution >= 4 is 17.8 Å². The molecule has 1 saturated heterocycles. The summed E-state index contributed by atoms with van der Waals surface area (Å²) in [6, 6.07) is -0.181. The van der Waals surface area contributed by atoms with Crippen LogP contribution in [0, 0.1) is 11.8 Å². The smallest absolute Gasteiger partial charge is 0.309 e. The summed E-state index contributed by atoms with van der Waals surface area (Å²) in [5.74, 6) is -2.94. The van der Waals surface area contributed by atoms with Gasteiger partial charge in [0.15, 0.2) is 0 Å². The summed E-state index contributed by atoms with van der Waals surface area (Å²) in [6.45, 7) is 6.70. The van der Waals surface area contributed by atoms with Gasteiger partial charge < -0.3 is 14.7 Å². The number of hydrogen-bond donors (Lipinski definition) is 1. The Morgan fingerprint density at radius 2 is 1.68 bits per heavy atom. The van der Waals surface area contributed by atoms with Gasteiger partial charge in [-0.25, -0.2) is 0 Å². The van der Waals surface area contributed by atoms with Crippen molar-refractivity contribution < 1.29 is 24.2 Å². The van der Waals surface area contributed by atoms with Crippen LogP contribution >= 0.6 is 0 Å². The van der Waals surface area contributed by atoms with Gasteiger partial charge >= 0.3 is 11.9 Å². The highest BCUT2D eigenvalue weighted by Crippen LogP contribution is 2.24.